The summed E-state index contributed by atoms with van der Waals surface area (Å²) >= 11 is 0. The van der Waals surface area contributed by atoms with Gasteiger partial charge in [0.05, 0.1) is 12.4 Å². The van der Waals surface area contributed by atoms with Gasteiger partial charge >= 0.3 is 0 Å². The van der Waals surface area contributed by atoms with Crippen molar-refractivity contribution in [2.24, 2.45) is 0 Å². The maximum Gasteiger partial charge on any atom is 0.149 e. The highest BCUT2D eigenvalue weighted by Gasteiger charge is 2.06. The lowest BCUT2D eigenvalue weighted by molar-refractivity contribution is 0.282. The lowest BCUT2D eigenvalue weighted by Crippen LogP contribution is -2.10. The standard InChI is InChI=1S/C12H15NO3S/c1-17(15,16)7-6-13-5-4-11-3-2-10(9-14)8-12(11)13/h2-5,8,14H,6-7,9H2,1H3. The number of aliphatic hydroxyl groups is 1. The van der Waals surface area contributed by atoms with Gasteiger partial charge in [-0.25, -0.2) is 8.42 Å². The average Bonchev–Trinajstić information content (AvgIpc) is 2.67. The van der Waals surface area contributed by atoms with E-state index in [1.54, 1.807) is 0 Å². The molecule has 0 radical (unpaired) electrons. The molecule has 4 nitrogen and oxygen atoms in total. The van der Waals surface area contributed by atoms with Gasteiger partial charge < -0.3 is 9.67 Å². The summed E-state index contributed by atoms with van der Waals surface area (Å²) in [6.45, 7) is 0.435. The highest BCUT2D eigenvalue weighted by molar-refractivity contribution is 7.90. The number of hydrogen-bond acceptors (Lipinski definition) is 3. The Kier molecular flexibility index (Phi) is 3.22. The van der Waals surface area contributed by atoms with E-state index in [2.05, 4.69) is 0 Å². The Bertz CT molecular complexity index is 628. The monoisotopic (exact) mass is 253 g/mol. The Morgan fingerprint density at radius 3 is 2.71 bits per heavy atom. The van der Waals surface area contributed by atoms with E-state index in [9.17, 15) is 8.42 Å². The van der Waals surface area contributed by atoms with Crippen LogP contribution in [-0.4, -0.2) is 30.1 Å². The van der Waals surface area contributed by atoms with Gasteiger partial charge in [-0.3, -0.25) is 0 Å². The summed E-state index contributed by atoms with van der Waals surface area (Å²) in [5.74, 6) is 0.125. The topological polar surface area (TPSA) is 59.3 Å². The van der Waals surface area contributed by atoms with Crippen LogP contribution in [0.25, 0.3) is 10.9 Å². The molecule has 1 aromatic carbocycles. The van der Waals surface area contributed by atoms with Crippen molar-refractivity contribution in [3.63, 3.8) is 0 Å². The zero-order chi connectivity index (χ0) is 12.5. The third kappa shape index (κ3) is 2.87. The first-order valence-corrected chi connectivity index (χ1v) is 7.42. The van der Waals surface area contributed by atoms with Crippen molar-refractivity contribution >= 4 is 20.7 Å². The number of benzene rings is 1. The van der Waals surface area contributed by atoms with Gasteiger partial charge in [-0.1, -0.05) is 12.1 Å². The predicted octanol–water partition coefficient (Wildman–Crippen LogP) is 1.18. The SMILES string of the molecule is CS(=O)(=O)CCn1ccc2ccc(CO)cc21. The summed E-state index contributed by atoms with van der Waals surface area (Å²) in [6.07, 6.45) is 3.11. The lowest BCUT2D eigenvalue weighted by Gasteiger charge is -2.05. The summed E-state index contributed by atoms with van der Waals surface area (Å²) in [6, 6.07) is 7.62. The summed E-state index contributed by atoms with van der Waals surface area (Å²) < 4.78 is 24.2. The number of hydrogen-bond donors (Lipinski definition) is 1. The zero-order valence-electron chi connectivity index (χ0n) is 9.63. The first-order valence-electron chi connectivity index (χ1n) is 5.36. The number of aromatic nitrogens is 1. The van der Waals surface area contributed by atoms with Gasteiger partial charge in [0.15, 0.2) is 0 Å². The maximum absolute atomic E-state index is 11.1. The van der Waals surface area contributed by atoms with E-state index in [0.717, 1.165) is 16.5 Å². The molecular weight excluding hydrogens is 238 g/mol. The van der Waals surface area contributed by atoms with E-state index in [4.69, 9.17) is 5.11 Å². The van der Waals surface area contributed by atoms with Gasteiger partial charge in [0.25, 0.3) is 0 Å². The quantitative estimate of drug-likeness (QED) is 0.890. The molecular formula is C12H15NO3S. The molecule has 92 valence electrons. The Balaban J connectivity index is 2.34. The van der Waals surface area contributed by atoms with Crippen molar-refractivity contribution in [2.75, 3.05) is 12.0 Å². The molecule has 0 unspecified atom stereocenters. The molecule has 0 saturated heterocycles. The van der Waals surface area contributed by atoms with E-state index in [0.29, 0.717) is 6.54 Å². The van der Waals surface area contributed by atoms with Gasteiger partial charge in [-0.05, 0) is 23.1 Å². The molecule has 1 aromatic heterocycles. The van der Waals surface area contributed by atoms with Crippen molar-refractivity contribution < 1.29 is 13.5 Å². The summed E-state index contributed by atoms with van der Waals surface area (Å²) in [5, 5.41) is 10.1. The van der Waals surface area contributed by atoms with E-state index in [1.165, 1.54) is 6.26 Å². The molecule has 0 atom stereocenters. The third-order valence-electron chi connectivity index (χ3n) is 2.72. The lowest BCUT2D eigenvalue weighted by atomic mass is 10.2. The van der Waals surface area contributed by atoms with Crippen molar-refractivity contribution in [3.8, 4) is 0 Å². The van der Waals surface area contributed by atoms with Crippen LogP contribution in [-0.2, 0) is 23.0 Å². The van der Waals surface area contributed by atoms with Crippen molar-refractivity contribution in [1.82, 2.24) is 4.57 Å². The predicted molar refractivity (Wildman–Crippen MR) is 67.6 cm³/mol. The Hall–Kier alpha value is -1.33. The molecule has 0 bridgehead atoms. The molecule has 0 spiro atoms. The molecule has 0 aliphatic heterocycles. The number of sulfone groups is 1. The molecule has 0 aliphatic carbocycles. The van der Waals surface area contributed by atoms with Crippen LogP contribution < -0.4 is 0 Å². The highest BCUT2D eigenvalue weighted by Crippen LogP contribution is 2.17. The zero-order valence-corrected chi connectivity index (χ0v) is 10.4. The second kappa shape index (κ2) is 4.50. The third-order valence-corrected chi connectivity index (χ3v) is 3.65. The number of rotatable bonds is 4. The Labute approximate surface area is 100 Å². The normalized spacial score (nSPS) is 12.1. The molecule has 0 aliphatic rings. The molecule has 1 heterocycles. The fourth-order valence-corrected chi connectivity index (χ4v) is 2.32. The summed E-state index contributed by atoms with van der Waals surface area (Å²) in [4.78, 5) is 0. The second-order valence-electron chi connectivity index (χ2n) is 4.19. The van der Waals surface area contributed by atoms with Gasteiger partial charge in [0.2, 0.25) is 0 Å². The fraction of sp³-hybridized carbons (Fsp3) is 0.333. The van der Waals surface area contributed by atoms with Crippen LogP contribution in [0.2, 0.25) is 0 Å². The van der Waals surface area contributed by atoms with Crippen molar-refractivity contribution in [2.45, 2.75) is 13.2 Å². The molecule has 17 heavy (non-hydrogen) atoms. The molecule has 2 aromatic rings. The molecule has 1 N–H and O–H groups in total. The maximum atomic E-state index is 11.1. The van der Waals surface area contributed by atoms with Crippen LogP contribution in [0.15, 0.2) is 30.5 Å². The van der Waals surface area contributed by atoms with Gasteiger partial charge in [-0.15, -0.1) is 0 Å². The van der Waals surface area contributed by atoms with E-state index >= 15 is 0 Å². The van der Waals surface area contributed by atoms with Gasteiger partial charge in [0, 0.05) is 24.5 Å². The first-order chi connectivity index (χ1) is 7.99. The Morgan fingerprint density at radius 1 is 1.29 bits per heavy atom. The molecule has 0 saturated carbocycles. The van der Waals surface area contributed by atoms with Gasteiger partial charge in [0.1, 0.15) is 9.84 Å². The number of aryl methyl sites for hydroxylation is 1. The average molecular weight is 253 g/mol. The largest absolute Gasteiger partial charge is 0.392 e. The van der Waals surface area contributed by atoms with Crippen LogP contribution in [0.3, 0.4) is 0 Å². The second-order valence-corrected chi connectivity index (χ2v) is 6.45. The molecule has 0 fully saturated rings. The molecule has 5 heteroatoms. The highest BCUT2D eigenvalue weighted by atomic mass is 32.2. The van der Waals surface area contributed by atoms with Crippen LogP contribution in [0.4, 0.5) is 0 Å². The van der Waals surface area contributed by atoms with Crippen molar-refractivity contribution in [3.05, 3.63) is 36.0 Å². The number of nitrogens with zero attached hydrogens (tertiary/aromatic N) is 1. The van der Waals surface area contributed by atoms with E-state index in [1.807, 2.05) is 35.0 Å². The number of aliphatic hydroxyl groups excluding tert-OH is 1. The van der Waals surface area contributed by atoms with Crippen LogP contribution in [0.1, 0.15) is 5.56 Å². The summed E-state index contributed by atoms with van der Waals surface area (Å²) in [5.41, 5.74) is 1.79. The van der Waals surface area contributed by atoms with Crippen LogP contribution in [0, 0.1) is 0 Å². The molecule has 0 amide bonds. The minimum absolute atomic E-state index is 0.00675. The summed E-state index contributed by atoms with van der Waals surface area (Å²) in [7, 11) is -2.95. The smallest absolute Gasteiger partial charge is 0.149 e. The molecule has 2 rings (SSSR count). The van der Waals surface area contributed by atoms with Crippen LogP contribution in [0.5, 0.6) is 0 Å². The van der Waals surface area contributed by atoms with Crippen molar-refractivity contribution in [1.29, 1.82) is 0 Å². The van der Waals surface area contributed by atoms with Crippen LogP contribution >= 0.6 is 0 Å². The minimum atomic E-state index is -2.95. The van der Waals surface area contributed by atoms with E-state index in [-0.39, 0.29) is 12.4 Å². The van der Waals surface area contributed by atoms with Gasteiger partial charge in [-0.2, -0.15) is 0 Å². The fourth-order valence-electron chi connectivity index (χ4n) is 1.79. The van der Waals surface area contributed by atoms with E-state index < -0.39 is 9.84 Å². The Morgan fingerprint density at radius 2 is 2.06 bits per heavy atom. The first kappa shape index (κ1) is 12.1. The number of fused-ring (bicyclic) bond motifs is 1. The minimum Gasteiger partial charge on any atom is -0.392 e.